The summed E-state index contributed by atoms with van der Waals surface area (Å²) in [7, 11) is 0. The van der Waals surface area contributed by atoms with Gasteiger partial charge in [0.1, 0.15) is 16.9 Å². The predicted octanol–water partition coefficient (Wildman–Crippen LogP) is 1.44. The fraction of sp³-hybridized carbons (Fsp3) is 0. The smallest absolute Gasteiger partial charge is 0.351 e. The lowest BCUT2D eigenvalue weighted by atomic mass is 10.1. The highest BCUT2D eigenvalue weighted by Crippen LogP contribution is 2.32. The minimum absolute atomic E-state index is 0.164. The third-order valence-electron chi connectivity index (χ3n) is 3.07. The van der Waals surface area contributed by atoms with Gasteiger partial charge in [0.25, 0.3) is 0 Å². The van der Waals surface area contributed by atoms with Crippen LogP contribution in [0.25, 0.3) is 16.8 Å². The van der Waals surface area contributed by atoms with Crippen molar-refractivity contribution in [3.8, 4) is 17.5 Å². The summed E-state index contributed by atoms with van der Waals surface area (Å²) in [4.78, 5) is 0. The van der Waals surface area contributed by atoms with E-state index in [1.165, 1.54) is 9.08 Å². The zero-order valence-corrected chi connectivity index (χ0v) is 11.0. The molecule has 0 saturated carbocycles. The van der Waals surface area contributed by atoms with Crippen LogP contribution < -0.4 is 16.0 Å². The molecule has 2 aromatic heterocycles. The second kappa shape index (κ2) is 4.40. The maximum atomic E-state index is 9.37. The van der Waals surface area contributed by atoms with Gasteiger partial charge in [-0.3, -0.25) is 0 Å². The summed E-state index contributed by atoms with van der Waals surface area (Å²) in [6, 6.07) is 8.87. The summed E-state index contributed by atoms with van der Waals surface area (Å²) in [5.74, 6) is 0.164. The standard InChI is InChI=1S/C13H9ClN6/c14-9-4-2-1-3-8(9)12-11(16)10-5-6-18-20(10)13(17)19(12)7-15/h1-6,17H,16H2/p+1. The molecule has 3 aromatic rings. The molecule has 98 valence electrons. The van der Waals surface area contributed by atoms with Crippen molar-refractivity contribution in [2.24, 2.45) is 0 Å². The van der Waals surface area contributed by atoms with E-state index in [0.29, 0.717) is 27.5 Å². The molecule has 0 unspecified atom stereocenters. The molecule has 0 aliphatic carbocycles. The molecule has 0 aliphatic heterocycles. The van der Waals surface area contributed by atoms with E-state index in [-0.39, 0.29) is 5.95 Å². The summed E-state index contributed by atoms with van der Waals surface area (Å²) in [5, 5.41) is 13.9. The second-order valence-electron chi connectivity index (χ2n) is 4.16. The Morgan fingerprint density at radius 1 is 1.25 bits per heavy atom. The van der Waals surface area contributed by atoms with Crippen LogP contribution in [0, 0.1) is 11.5 Å². The first-order chi connectivity index (χ1) is 9.65. The fourth-order valence-corrected chi connectivity index (χ4v) is 2.39. The number of anilines is 2. The van der Waals surface area contributed by atoms with Crippen LogP contribution in [0.1, 0.15) is 0 Å². The number of hydrogen-bond donors (Lipinski definition) is 2. The van der Waals surface area contributed by atoms with Crippen molar-refractivity contribution in [3.63, 3.8) is 0 Å². The van der Waals surface area contributed by atoms with Crippen LogP contribution in [0.2, 0.25) is 5.02 Å². The molecule has 0 saturated heterocycles. The number of benzene rings is 1. The molecule has 2 heterocycles. The molecule has 6 nitrogen and oxygen atoms in total. The largest absolute Gasteiger partial charge is 0.394 e. The first kappa shape index (κ1) is 12.3. The van der Waals surface area contributed by atoms with Crippen LogP contribution in [0.4, 0.5) is 11.6 Å². The van der Waals surface area contributed by atoms with Crippen molar-refractivity contribution < 1.29 is 4.57 Å². The molecule has 0 spiro atoms. The van der Waals surface area contributed by atoms with Gasteiger partial charge in [0, 0.05) is 5.56 Å². The third-order valence-corrected chi connectivity index (χ3v) is 3.40. The predicted molar refractivity (Wildman–Crippen MR) is 75.7 cm³/mol. The highest BCUT2D eigenvalue weighted by Gasteiger charge is 2.23. The van der Waals surface area contributed by atoms with Crippen LogP contribution in [-0.2, 0) is 0 Å². The van der Waals surface area contributed by atoms with E-state index in [1.807, 2.05) is 12.3 Å². The van der Waals surface area contributed by atoms with Crippen molar-refractivity contribution in [1.82, 2.24) is 9.61 Å². The lowest BCUT2D eigenvalue weighted by Crippen LogP contribution is -2.38. The molecule has 0 aliphatic rings. The molecule has 0 radical (unpaired) electrons. The average molecular weight is 286 g/mol. The maximum Gasteiger partial charge on any atom is 0.351 e. The van der Waals surface area contributed by atoms with Gasteiger partial charge in [-0.1, -0.05) is 29.8 Å². The van der Waals surface area contributed by atoms with Crippen LogP contribution in [0.3, 0.4) is 0 Å². The molecule has 0 amide bonds. The molecule has 7 heteroatoms. The summed E-state index contributed by atoms with van der Waals surface area (Å²) in [5.41, 5.74) is 14.3. The normalized spacial score (nSPS) is 10.6. The summed E-state index contributed by atoms with van der Waals surface area (Å²) < 4.78 is 2.63. The van der Waals surface area contributed by atoms with Crippen molar-refractivity contribution in [1.29, 1.82) is 5.26 Å². The van der Waals surface area contributed by atoms with E-state index in [0.717, 1.165) is 0 Å². The number of fused-ring (bicyclic) bond motifs is 1. The van der Waals surface area contributed by atoms with Crippen LogP contribution in [0.15, 0.2) is 36.5 Å². The molecular formula is C13H10ClN6+. The number of hydrogen-bond acceptors (Lipinski definition) is 4. The van der Waals surface area contributed by atoms with Crippen LogP contribution in [-0.4, -0.2) is 9.61 Å². The van der Waals surface area contributed by atoms with Gasteiger partial charge in [-0.25, -0.2) is 0 Å². The lowest BCUT2D eigenvalue weighted by molar-refractivity contribution is -0.561. The van der Waals surface area contributed by atoms with Gasteiger partial charge in [0.15, 0.2) is 0 Å². The molecule has 3 rings (SSSR count). The topological polar surface area (TPSA) is 97.0 Å². The molecule has 0 atom stereocenters. The van der Waals surface area contributed by atoms with E-state index in [9.17, 15) is 5.26 Å². The van der Waals surface area contributed by atoms with E-state index < -0.39 is 0 Å². The Kier molecular flexibility index (Phi) is 2.70. The van der Waals surface area contributed by atoms with Gasteiger partial charge in [-0.15, -0.1) is 14.2 Å². The lowest BCUT2D eigenvalue weighted by Gasteiger charge is -2.10. The van der Waals surface area contributed by atoms with Crippen molar-refractivity contribution in [2.45, 2.75) is 0 Å². The Bertz CT molecular complexity index is 861. The van der Waals surface area contributed by atoms with Crippen molar-refractivity contribution in [3.05, 3.63) is 41.6 Å². The average Bonchev–Trinajstić information content (AvgIpc) is 2.93. The Balaban J connectivity index is 2.50. The molecule has 4 N–H and O–H groups in total. The van der Waals surface area contributed by atoms with E-state index >= 15 is 0 Å². The van der Waals surface area contributed by atoms with Crippen molar-refractivity contribution in [2.75, 3.05) is 11.5 Å². The third kappa shape index (κ3) is 1.57. The Labute approximate surface area is 119 Å². The number of nitrogens with zero attached hydrogens (tertiary/aromatic N) is 4. The van der Waals surface area contributed by atoms with E-state index in [1.54, 1.807) is 30.5 Å². The summed E-state index contributed by atoms with van der Waals surface area (Å²) in [6.45, 7) is 0. The zero-order chi connectivity index (χ0) is 14.3. The highest BCUT2D eigenvalue weighted by atomic mass is 35.5. The molecule has 0 bridgehead atoms. The quantitative estimate of drug-likeness (QED) is 0.661. The minimum Gasteiger partial charge on any atom is -0.394 e. The first-order valence-corrected chi connectivity index (χ1v) is 6.14. The van der Waals surface area contributed by atoms with Gasteiger partial charge in [0.2, 0.25) is 0 Å². The molecular weight excluding hydrogens is 276 g/mol. The van der Waals surface area contributed by atoms with E-state index in [4.69, 9.17) is 23.1 Å². The first-order valence-electron chi connectivity index (χ1n) is 5.77. The van der Waals surface area contributed by atoms with Gasteiger partial charge in [0.05, 0.1) is 11.2 Å². The SMILES string of the molecule is N#C[n+]1c(-c2ccccc2Cl)c(N)c2ccnn2c1N. The summed E-state index contributed by atoms with van der Waals surface area (Å²) >= 11 is 6.20. The van der Waals surface area contributed by atoms with E-state index in [2.05, 4.69) is 5.10 Å². The van der Waals surface area contributed by atoms with Gasteiger partial charge in [-0.2, -0.15) is 0 Å². The number of nitrogen functional groups attached to an aromatic ring is 2. The number of nitrogens with two attached hydrogens (primary N) is 2. The summed E-state index contributed by atoms with van der Waals surface area (Å²) in [6.07, 6.45) is 3.57. The highest BCUT2D eigenvalue weighted by molar-refractivity contribution is 6.33. The number of halogens is 1. The number of nitriles is 1. The number of rotatable bonds is 1. The monoisotopic (exact) mass is 285 g/mol. The Morgan fingerprint density at radius 3 is 2.70 bits per heavy atom. The minimum atomic E-state index is 0.164. The second-order valence-corrected chi connectivity index (χ2v) is 4.57. The van der Waals surface area contributed by atoms with Crippen LogP contribution in [0.5, 0.6) is 0 Å². The maximum absolute atomic E-state index is 9.37. The van der Waals surface area contributed by atoms with Gasteiger partial charge in [-0.05, 0) is 17.4 Å². The Hall–Kier alpha value is -2.78. The molecule has 1 aromatic carbocycles. The number of aromatic nitrogens is 3. The molecule has 0 fully saturated rings. The zero-order valence-electron chi connectivity index (χ0n) is 10.3. The van der Waals surface area contributed by atoms with Gasteiger partial charge >= 0.3 is 12.1 Å². The van der Waals surface area contributed by atoms with Crippen LogP contribution >= 0.6 is 11.6 Å². The Morgan fingerprint density at radius 2 is 2.00 bits per heavy atom. The fourth-order valence-electron chi connectivity index (χ4n) is 2.16. The van der Waals surface area contributed by atoms with Crippen molar-refractivity contribution >= 4 is 28.8 Å². The molecule has 20 heavy (non-hydrogen) atoms. The van der Waals surface area contributed by atoms with Gasteiger partial charge < -0.3 is 11.5 Å².